The first kappa shape index (κ1) is 19.2. The molecular weight excluding hydrogens is 397 g/mol. The molecule has 1 saturated carbocycles. The summed E-state index contributed by atoms with van der Waals surface area (Å²) in [6.45, 7) is 2.09. The molecule has 3 heteroatoms. The Bertz CT molecular complexity index is 1480. The molecule has 0 atom stereocenters. The van der Waals surface area contributed by atoms with E-state index in [1.165, 1.54) is 24.8 Å². The van der Waals surface area contributed by atoms with Crippen LogP contribution in [0.15, 0.2) is 77.3 Å². The Balaban J connectivity index is 1.60. The van der Waals surface area contributed by atoms with Gasteiger partial charge < -0.3 is 4.42 Å². The summed E-state index contributed by atoms with van der Waals surface area (Å²) < 4.78 is 23.8. The second-order valence-corrected chi connectivity index (χ2v) is 8.98. The van der Waals surface area contributed by atoms with Gasteiger partial charge in [0.25, 0.3) is 0 Å². The van der Waals surface area contributed by atoms with Gasteiger partial charge in [-0.15, -0.1) is 0 Å². The van der Waals surface area contributed by atoms with Crippen molar-refractivity contribution in [2.45, 2.75) is 32.1 Å². The van der Waals surface area contributed by atoms with Crippen LogP contribution in [0, 0.1) is 12.7 Å². The molecule has 5 aromatic rings. The molecule has 1 aliphatic carbocycles. The maximum absolute atomic E-state index is 15.2. The maximum atomic E-state index is 15.2. The van der Waals surface area contributed by atoms with E-state index in [-0.39, 0.29) is 5.82 Å². The number of aryl methyl sites for hydroxylation is 2. The minimum Gasteiger partial charge on any atom is -0.454 e. The summed E-state index contributed by atoms with van der Waals surface area (Å²) in [4.78, 5) is 0. The van der Waals surface area contributed by atoms with Crippen molar-refractivity contribution in [2.24, 2.45) is 7.05 Å². The Kier molecular flexibility index (Phi) is 4.39. The minimum absolute atomic E-state index is 0.253. The lowest BCUT2D eigenvalue weighted by molar-refractivity contribution is -0.660. The molecule has 0 bridgehead atoms. The van der Waals surface area contributed by atoms with Gasteiger partial charge in [-0.25, -0.2) is 8.96 Å². The molecular formula is C29H25FNO+. The summed E-state index contributed by atoms with van der Waals surface area (Å²) in [7, 11) is 2.03. The van der Waals surface area contributed by atoms with Gasteiger partial charge in [0, 0.05) is 22.9 Å². The number of rotatable bonds is 3. The molecule has 0 radical (unpaired) electrons. The van der Waals surface area contributed by atoms with E-state index < -0.39 is 0 Å². The second kappa shape index (κ2) is 7.30. The lowest BCUT2D eigenvalue weighted by atomic mass is 9.80. The van der Waals surface area contributed by atoms with Crippen LogP contribution in [-0.2, 0) is 7.05 Å². The third kappa shape index (κ3) is 2.88. The van der Waals surface area contributed by atoms with Crippen molar-refractivity contribution < 1.29 is 13.4 Å². The van der Waals surface area contributed by atoms with Crippen molar-refractivity contribution in [1.82, 2.24) is 0 Å². The van der Waals surface area contributed by atoms with Crippen molar-refractivity contribution in [2.75, 3.05) is 0 Å². The molecule has 0 spiro atoms. The van der Waals surface area contributed by atoms with Gasteiger partial charge in [-0.05, 0) is 60.6 Å². The lowest BCUT2D eigenvalue weighted by Gasteiger charge is -2.25. The summed E-state index contributed by atoms with van der Waals surface area (Å²) in [5.41, 5.74) is 7.42. The molecule has 32 heavy (non-hydrogen) atoms. The third-order valence-corrected chi connectivity index (χ3v) is 7.05. The average Bonchev–Trinajstić information content (AvgIpc) is 3.12. The van der Waals surface area contributed by atoms with Crippen molar-refractivity contribution in [1.29, 1.82) is 0 Å². The predicted octanol–water partition coefficient (Wildman–Crippen LogP) is 7.46. The van der Waals surface area contributed by atoms with Crippen LogP contribution in [0.25, 0.3) is 44.3 Å². The zero-order valence-electron chi connectivity index (χ0n) is 18.4. The van der Waals surface area contributed by atoms with Gasteiger partial charge in [-0.3, -0.25) is 0 Å². The molecule has 0 amide bonds. The summed E-state index contributed by atoms with van der Waals surface area (Å²) in [5, 5.41) is 1.95. The van der Waals surface area contributed by atoms with Crippen LogP contribution in [0.5, 0.6) is 0 Å². The smallest absolute Gasteiger partial charge is 0.216 e. The highest BCUT2D eigenvalue weighted by molar-refractivity contribution is 6.13. The molecule has 0 unspecified atom stereocenters. The second-order valence-electron chi connectivity index (χ2n) is 8.98. The van der Waals surface area contributed by atoms with E-state index in [0.29, 0.717) is 17.1 Å². The minimum atomic E-state index is -0.253. The largest absolute Gasteiger partial charge is 0.454 e. The van der Waals surface area contributed by atoms with Crippen LogP contribution in [0.4, 0.5) is 4.39 Å². The van der Waals surface area contributed by atoms with Crippen LogP contribution in [-0.4, -0.2) is 0 Å². The number of benzene rings is 3. The molecule has 1 aliphatic rings. The van der Waals surface area contributed by atoms with Gasteiger partial charge in [0.2, 0.25) is 5.69 Å². The predicted molar refractivity (Wildman–Crippen MR) is 127 cm³/mol. The Morgan fingerprint density at radius 1 is 0.844 bits per heavy atom. The monoisotopic (exact) mass is 422 g/mol. The van der Waals surface area contributed by atoms with E-state index in [9.17, 15) is 0 Å². The number of fused-ring (bicyclic) bond motifs is 3. The van der Waals surface area contributed by atoms with E-state index >= 15 is 4.39 Å². The van der Waals surface area contributed by atoms with E-state index in [1.807, 2.05) is 43.6 Å². The number of furan rings is 1. The summed E-state index contributed by atoms with van der Waals surface area (Å²) in [5.74, 6) is 0.407. The number of hydrogen-bond acceptors (Lipinski definition) is 1. The normalized spacial score (nSPS) is 14.2. The Morgan fingerprint density at radius 3 is 2.25 bits per heavy atom. The van der Waals surface area contributed by atoms with Crippen molar-refractivity contribution >= 4 is 21.9 Å². The Morgan fingerprint density at radius 2 is 1.56 bits per heavy atom. The number of hydrogen-bond donors (Lipinski definition) is 0. The molecule has 3 aromatic carbocycles. The number of halogens is 1. The quantitative estimate of drug-likeness (QED) is 0.276. The van der Waals surface area contributed by atoms with E-state index in [4.69, 9.17) is 4.42 Å². The highest BCUT2D eigenvalue weighted by Gasteiger charge is 2.23. The zero-order valence-corrected chi connectivity index (χ0v) is 18.4. The molecule has 2 heterocycles. The first-order chi connectivity index (χ1) is 15.6. The molecule has 0 N–H and O–H groups in total. The van der Waals surface area contributed by atoms with Crippen LogP contribution in [0.1, 0.15) is 36.3 Å². The van der Waals surface area contributed by atoms with E-state index in [1.54, 1.807) is 6.07 Å². The van der Waals surface area contributed by atoms with Gasteiger partial charge in [0.1, 0.15) is 24.0 Å². The lowest BCUT2D eigenvalue weighted by Crippen LogP contribution is -2.30. The summed E-state index contributed by atoms with van der Waals surface area (Å²) in [6, 6.07) is 22.1. The third-order valence-electron chi connectivity index (χ3n) is 7.05. The first-order valence-electron chi connectivity index (χ1n) is 11.3. The molecule has 1 fully saturated rings. The fourth-order valence-electron chi connectivity index (χ4n) is 5.01. The zero-order chi connectivity index (χ0) is 21.8. The molecule has 0 aliphatic heterocycles. The fraction of sp³-hybridized carbons (Fsp3) is 0.207. The molecule has 0 saturated heterocycles. The van der Waals surface area contributed by atoms with Crippen LogP contribution in [0.2, 0.25) is 0 Å². The summed E-state index contributed by atoms with van der Waals surface area (Å²) >= 11 is 0. The first-order valence-corrected chi connectivity index (χ1v) is 11.3. The van der Waals surface area contributed by atoms with Gasteiger partial charge >= 0.3 is 0 Å². The highest BCUT2D eigenvalue weighted by atomic mass is 19.1. The average molecular weight is 423 g/mol. The van der Waals surface area contributed by atoms with Crippen molar-refractivity contribution in [3.05, 3.63) is 89.9 Å². The van der Waals surface area contributed by atoms with Crippen LogP contribution < -0.4 is 4.57 Å². The van der Waals surface area contributed by atoms with Crippen molar-refractivity contribution in [3.63, 3.8) is 0 Å². The topological polar surface area (TPSA) is 17.0 Å². The molecule has 6 rings (SSSR count). The van der Waals surface area contributed by atoms with E-state index in [0.717, 1.165) is 38.7 Å². The Hall–Kier alpha value is -3.46. The van der Waals surface area contributed by atoms with Gasteiger partial charge in [0.15, 0.2) is 6.20 Å². The SMILES string of the molecule is Cc1ccc2c(oc3c(-c4ccc(C5CCC5)cc4)c(F)ccc32)c1-c1cccc[n+]1C. The molecule has 158 valence electrons. The van der Waals surface area contributed by atoms with Crippen molar-refractivity contribution in [3.8, 4) is 22.4 Å². The maximum Gasteiger partial charge on any atom is 0.216 e. The van der Waals surface area contributed by atoms with Crippen LogP contribution in [0.3, 0.4) is 0 Å². The number of pyridine rings is 1. The number of aromatic nitrogens is 1. The van der Waals surface area contributed by atoms with E-state index in [2.05, 4.69) is 41.8 Å². The molecule has 2 aromatic heterocycles. The fourth-order valence-corrected chi connectivity index (χ4v) is 5.01. The molecule has 2 nitrogen and oxygen atoms in total. The van der Waals surface area contributed by atoms with Gasteiger partial charge in [0.05, 0.1) is 11.1 Å². The number of nitrogens with zero attached hydrogens (tertiary/aromatic N) is 1. The standard InChI is InChI=1S/C29H25FNO/c1-18-9-14-22-23-15-16-24(30)27(21-12-10-20(11-13-21)19-6-5-7-19)29(23)32-28(22)26(18)25-8-3-4-17-31(25)2/h3-4,8-17,19H,5-7H2,1-2H3/q+1. The van der Waals surface area contributed by atoms with Crippen LogP contribution >= 0.6 is 0 Å². The van der Waals surface area contributed by atoms with Gasteiger partial charge in [-0.2, -0.15) is 0 Å². The highest BCUT2D eigenvalue weighted by Crippen LogP contribution is 2.42. The van der Waals surface area contributed by atoms with Gasteiger partial charge in [-0.1, -0.05) is 42.8 Å². The summed E-state index contributed by atoms with van der Waals surface area (Å²) in [6.07, 6.45) is 5.85. The Labute approximate surface area is 186 Å².